The lowest BCUT2D eigenvalue weighted by Crippen LogP contribution is -2.44. The number of halogens is 1. The summed E-state index contributed by atoms with van der Waals surface area (Å²) in [6, 6.07) is 8.37. The van der Waals surface area contributed by atoms with Gasteiger partial charge in [-0.3, -0.25) is 19.2 Å². The van der Waals surface area contributed by atoms with Crippen molar-refractivity contribution < 1.29 is 52.5 Å². The highest BCUT2D eigenvalue weighted by molar-refractivity contribution is 5.94. The largest absolute Gasteiger partial charge is 0.458 e. The van der Waals surface area contributed by atoms with Crippen molar-refractivity contribution in [2.75, 3.05) is 31.7 Å². The lowest BCUT2D eigenvalue weighted by Gasteiger charge is -2.31. The van der Waals surface area contributed by atoms with Gasteiger partial charge in [-0.05, 0) is 79.5 Å². The van der Waals surface area contributed by atoms with E-state index in [0.717, 1.165) is 5.56 Å². The molecule has 19 nitrogen and oxygen atoms in total. The lowest BCUT2D eigenvalue weighted by atomic mass is 9.81. The van der Waals surface area contributed by atoms with Crippen LogP contribution in [0, 0.1) is 18.7 Å². The number of aromatic nitrogens is 2. The first-order valence-electron chi connectivity index (χ1n) is 20.9. The number of hydrogen-bond acceptors (Lipinski definition) is 12. The maximum Gasteiger partial charge on any atom is 0.407 e. The number of aryl methyl sites for hydroxylation is 1. The number of primary amides is 1. The number of esters is 1. The number of urea groups is 1. The minimum absolute atomic E-state index is 0.0311. The van der Waals surface area contributed by atoms with E-state index in [1.807, 2.05) is 0 Å². The third-order valence-corrected chi connectivity index (χ3v) is 11.9. The van der Waals surface area contributed by atoms with Crippen LogP contribution >= 0.6 is 0 Å². The number of carbonyl (C=O) groups excluding carboxylic acids is 6. The van der Waals surface area contributed by atoms with Crippen LogP contribution in [-0.2, 0) is 65.2 Å². The van der Waals surface area contributed by atoms with Gasteiger partial charge >= 0.3 is 18.1 Å². The van der Waals surface area contributed by atoms with Crippen molar-refractivity contribution >= 4 is 52.4 Å². The Hall–Kier alpha value is -6.93. The molecule has 6 amide bonds. The van der Waals surface area contributed by atoms with Gasteiger partial charge in [-0.25, -0.2) is 23.8 Å². The molecule has 2 aliphatic heterocycles. The van der Waals surface area contributed by atoms with E-state index in [-0.39, 0.29) is 55.9 Å². The van der Waals surface area contributed by atoms with Gasteiger partial charge in [-0.1, -0.05) is 26.0 Å². The number of aliphatic hydroxyl groups is 1. The van der Waals surface area contributed by atoms with Gasteiger partial charge in [-0.15, -0.1) is 0 Å². The van der Waals surface area contributed by atoms with Crippen molar-refractivity contribution in [3.05, 3.63) is 91.5 Å². The number of nitrogens with zero attached hydrogens (tertiary/aromatic N) is 2. The second-order valence-corrected chi connectivity index (χ2v) is 16.0. The zero-order valence-electron chi connectivity index (χ0n) is 35.5. The van der Waals surface area contributed by atoms with E-state index in [2.05, 4.69) is 26.6 Å². The summed E-state index contributed by atoms with van der Waals surface area (Å²) in [6.45, 7) is 3.90. The molecule has 64 heavy (non-hydrogen) atoms. The second-order valence-electron chi connectivity index (χ2n) is 16.0. The first-order valence-corrected chi connectivity index (χ1v) is 20.9. The maximum atomic E-state index is 15.3. The number of fused-ring (bicyclic) bond motifs is 5. The van der Waals surface area contributed by atoms with E-state index in [1.165, 1.54) is 10.6 Å². The Bertz CT molecular complexity index is 2620. The third-order valence-electron chi connectivity index (χ3n) is 11.9. The van der Waals surface area contributed by atoms with Gasteiger partial charge in [-0.2, -0.15) is 0 Å². The number of nitrogens with one attached hydrogen (secondary N) is 5. The summed E-state index contributed by atoms with van der Waals surface area (Å²) in [5.74, 6) is -2.90. The molecule has 8 N–H and O–H groups in total. The van der Waals surface area contributed by atoms with E-state index < -0.39 is 66.1 Å². The van der Waals surface area contributed by atoms with Gasteiger partial charge in [0.25, 0.3) is 5.56 Å². The number of benzene rings is 2. The highest BCUT2D eigenvalue weighted by Gasteiger charge is 2.46. The van der Waals surface area contributed by atoms with Crippen LogP contribution in [-0.4, -0.2) is 76.9 Å². The number of alkyl carbamates (subject to hydrolysis) is 1. The lowest BCUT2D eigenvalue weighted by molar-refractivity contribution is -0.172. The Morgan fingerprint density at radius 3 is 2.56 bits per heavy atom. The number of cyclic esters (lactones) is 1. The normalized spacial score (nSPS) is 17.3. The molecule has 4 aromatic rings. The number of anilines is 1. The van der Waals surface area contributed by atoms with Crippen LogP contribution in [0.2, 0.25) is 0 Å². The molecule has 20 heteroatoms. The van der Waals surface area contributed by atoms with Crippen LogP contribution in [0.4, 0.5) is 19.7 Å². The quantitative estimate of drug-likeness (QED) is 0.0428. The highest BCUT2D eigenvalue weighted by atomic mass is 19.1. The maximum absolute atomic E-state index is 15.3. The van der Waals surface area contributed by atoms with E-state index in [1.54, 1.807) is 51.1 Å². The van der Waals surface area contributed by atoms with Crippen molar-refractivity contribution in [2.24, 2.45) is 11.7 Å². The van der Waals surface area contributed by atoms with Gasteiger partial charge in [0.05, 0.1) is 35.1 Å². The first kappa shape index (κ1) is 45.1. The Kier molecular flexibility index (Phi) is 13.3. The average Bonchev–Trinajstić information content (AvgIpc) is 3.64. The molecule has 3 atom stereocenters. The van der Waals surface area contributed by atoms with E-state index >= 15 is 4.39 Å². The Morgan fingerprint density at radius 2 is 1.83 bits per heavy atom. The molecular formula is C44H49FN8O11. The fraction of sp³-hybridized carbons (Fsp3) is 0.409. The molecule has 338 valence electrons. The number of carbonyl (C=O) groups is 6. The summed E-state index contributed by atoms with van der Waals surface area (Å²) in [7, 11) is 0. The molecule has 1 aliphatic carbocycles. The van der Waals surface area contributed by atoms with Crippen LogP contribution in [0.5, 0.6) is 0 Å². The van der Waals surface area contributed by atoms with Crippen molar-refractivity contribution in [2.45, 2.75) is 84.3 Å². The number of hydrogen-bond donors (Lipinski definition) is 7. The molecule has 0 saturated heterocycles. The molecule has 0 fully saturated rings. The molecular weight excluding hydrogens is 836 g/mol. The van der Waals surface area contributed by atoms with Crippen molar-refractivity contribution in [1.82, 2.24) is 30.8 Å². The average molecular weight is 885 g/mol. The molecule has 2 aromatic carbocycles. The molecule has 2 aromatic heterocycles. The monoisotopic (exact) mass is 884 g/mol. The van der Waals surface area contributed by atoms with Crippen LogP contribution < -0.4 is 37.9 Å². The minimum atomic E-state index is -2.03. The fourth-order valence-corrected chi connectivity index (χ4v) is 8.33. The molecule has 0 bridgehead atoms. The van der Waals surface area contributed by atoms with E-state index in [0.29, 0.717) is 82.5 Å². The number of ether oxygens (including phenoxy) is 3. The number of pyridine rings is 2. The number of amides is 6. The number of rotatable bonds is 16. The SMILES string of the molecule is CC[C@@]1(O)C(=O)OCc2c1cc1n(c2=O)Cc2c-1nc1cc(F)c(C)c3c1c2[C@@H](NC(=O)COCNC(=O)CNC(=O)OCc1ccc(NC(=O)[C@@H](C)CCCNC(N)=O)cc1)CC3. The molecule has 0 radical (unpaired) electrons. The van der Waals surface area contributed by atoms with Crippen LogP contribution in [0.25, 0.3) is 22.3 Å². The fourth-order valence-electron chi connectivity index (χ4n) is 8.33. The van der Waals surface area contributed by atoms with Crippen LogP contribution in [0.3, 0.4) is 0 Å². The Labute approximate surface area is 365 Å². The summed E-state index contributed by atoms with van der Waals surface area (Å²) in [5.41, 5.74) is 7.64. The predicted octanol–water partition coefficient (Wildman–Crippen LogP) is 2.67. The topological polar surface area (TPSA) is 271 Å². The van der Waals surface area contributed by atoms with Crippen LogP contribution in [0.15, 0.2) is 41.2 Å². The summed E-state index contributed by atoms with van der Waals surface area (Å²) < 4.78 is 32.5. The van der Waals surface area contributed by atoms with Crippen molar-refractivity contribution in [3.8, 4) is 11.4 Å². The van der Waals surface area contributed by atoms with Crippen molar-refractivity contribution in [3.63, 3.8) is 0 Å². The number of nitrogens with two attached hydrogens (primary N) is 1. The van der Waals surface area contributed by atoms with Crippen LogP contribution in [0.1, 0.15) is 84.5 Å². The Balaban J connectivity index is 0.899. The molecule has 7 rings (SSSR count). The molecule has 0 saturated carbocycles. The Morgan fingerprint density at radius 1 is 1.06 bits per heavy atom. The standard InChI is InChI=1S/C44H49FN8O11/c1-4-44(61)29-14-33-38-27(17-53(33)40(57)28(29)19-63-41(44)58)37-31(12-11-26-23(3)30(45)15-32(52-38)36(26)37)51-35(55)20-62-21-49-34(54)16-48-43(60)64-18-24-7-9-25(10-8-24)50-39(56)22(2)6-5-13-47-42(46)59/h7-10,14-15,22,31,61H,4-6,11-13,16-21H2,1-3H3,(H,48,60)(H,49,54)(H,50,56)(H,51,55)(H3,46,47,59)/t22-,31-,44-/m0/s1. The zero-order chi connectivity index (χ0) is 45.9. The summed E-state index contributed by atoms with van der Waals surface area (Å²) in [6.07, 6.45) is 1.10. The molecule has 0 spiro atoms. The molecule has 3 aliphatic rings. The van der Waals surface area contributed by atoms with Gasteiger partial charge in [0.15, 0.2) is 5.60 Å². The molecule has 4 heterocycles. The summed E-state index contributed by atoms with van der Waals surface area (Å²) >= 11 is 0. The van der Waals surface area contributed by atoms with E-state index in [9.17, 15) is 38.7 Å². The third kappa shape index (κ3) is 9.23. The molecule has 0 unspecified atom stereocenters. The zero-order valence-corrected chi connectivity index (χ0v) is 35.5. The van der Waals surface area contributed by atoms with Gasteiger partial charge in [0.2, 0.25) is 17.7 Å². The van der Waals surface area contributed by atoms with E-state index in [4.69, 9.17) is 24.9 Å². The predicted molar refractivity (Wildman–Crippen MR) is 227 cm³/mol. The van der Waals surface area contributed by atoms with Crippen molar-refractivity contribution in [1.29, 1.82) is 0 Å². The second kappa shape index (κ2) is 18.8. The highest BCUT2D eigenvalue weighted by Crippen LogP contribution is 2.46. The van der Waals surface area contributed by atoms with Gasteiger partial charge in [0, 0.05) is 40.7 Å². The summed E-state index contributed by atoms with van der Waals surface area (Å²) in [4.78, 5) is 92.6. The smallest absolute Gasteiger partial charge is 0.407 e. The van der Waals surface area contributed by atoms with Gasteiger partial charge in [0.1, 0.15) is 38.9 Å². The van der Waals surface area contributed by atoms with Gasteiger partial charge < -0.3 is 56.2 Å². The first-order chi connectivity index (χ1) is 30.6. The summed E-state index contributed by atoms with van der Waals surface area (Å²) in [5, 5.41) is 25.1. The minimum Gasteiger partial charge on any atom is -0.458 e.